The Labute approximate surface area is 273 Å². The monoisotopic (exact) mass is 629 g/mol. The number of benzene rings is 3. The normalized spacial score (nSPS) is 14.0. The average Bonchev–Trinajstić information content (AvgIpc) is 3.52. The number of carbonyl (C=O) groups excluding carboxylic acids is 3. The number of nitriles is 1. The molecule has 0 radical (unpaired) electrons. The van der Waals surface area contributed by atoms with Crippen molar-refractivity contribution >= 4 is 45.8 Å². The van der Waals surface area contributed by atoms with Crippen LogP contribution in [0.25, 0.3) is 22.9 Å². The maximum Gasteiger partial charge on any atom is 0.291 e. The third-order valence-electron chi connectivity index (χ3n) is 7.59. The van der Waals surface area contributed by atoms with Gasteiger partial charge in [0.25, 0.3) is 17.7 Å². The van der Waals surface area contributed by atoms with E-state index >= 15 is 0 Å². The van der Waals surface area contributed by atoms with Crippen molar-refractivity contribution in [3.8, 4) is 17.3 Å². The smallest absolute Gasteiger partial charge is 0.291 e. The van der Waals surface area contributed by atoms with Crippen LogP contribution in [-0.2, 0) is 9.59 Å². The molecular weight excluding hydrogens is 595 g/mol. The van der Waals surface area contributed by atoms with E-state index in [9.17, 15) is 19.6 Å². The number of hydrogen-bond acceptors (Lipinski definition) is 7. The number of nitrogens with one attached hydrogen (secondary N) is 1. The highest BCUT2D eigenvalue weighted by atomic mass is 32.1. The second-order valence-corrected chi connectivity index (χ2v) is 11.8. The first-order valence-corrected chi connectivity index (χ1v) is 16.3. The summed E-state index contributed by atoms with van der Waals surface area (Å²) in [6.07, 6.45) is 5.84. The van der Waals surface area contributed by atoms with Crippen LogP contribution in [0.5, 0.6) is 0 Å². The molecule has 8 nitrogen and oxygen atoms in total. The highest BCUT2D eigenvalue weighted by Crippen LogP contribution is 2.39. The molecule has 5 rings (SSSR count). The fourth-order valence-electron chi connectivity index (χ4n) is 5.16. The molecule has 4 aromatic rings. The summed E-state index contributed by atoms with van der Waals surface area (Å²) in [6.45, 7) is 6.03. The Morgan fingerprint density at radius 2 is 1.43 bits per heavy atom. The molecule has 1 N–H and O–H groups in total. The van der Waals surface area contributed by atoms with Crippen LogP contribution in [0, 0.1) is 11.3 Å². The van der Waals surface area contributed by atoms with Crippen LogP contribution in [0.3, 0.4) is 0 Å². The Morgan fingerprint density at radius 3 is 2.00 bits per heavy atom. The first kappa shape index (κ1) is 32.1. The van der Waals surface area contributed by atoms with Crippen LogP contribution < -0.4 is 10.3 Å². The van der Waals surface area contributed by atoms with E-state index in [2.05, 4.69) is 24.2 Å². The number of imide groups is 1. The van der Waals surface area contributed by atoms with Crippen LogP contribution >= 0.6 is 11.3 Å². The van der Waals surface area contributed by atoms with Gasteiger partial charge in [-0.3, -0.25) is 19.8 Å². The fourth-order valence-corrected chi connectivity index (χ4v) is 6.24. The molecular formula is C37H35N5O3S. The Morgan fingerprint density at radius 1 is 0.870 bits per heavy atom. The number of amides is 3. The standard InChI is InChI=1S/C37H35N5O3S/c1-3-5-22-41(23-6-4-2)37-39-33(27-18-12-8-13-19-27)31(46-37)24-29-32(26-16-10-7-11-17-26)30(25-38)36(45)42(35(29)44)40-34(43)28-20-14-9-15-21-28/h7-21,24H,3-6,22-23H2,1-2H3,(H,40,43). The third kappa shape index (κ3) is 6.98. The average molecular weight is 630 g/mol. The summed E-state index contributed by atoms with van der Waals surface area (Å²) in [7, 11) is 0. The summed E-state index contributed by atoms with van der Waals surface area (Å²) in [6, 6.07) is 29.0. The van der Waals surface area contributed by atoms with Crippen molar-refractivity contribution in [1.29, 1.82) is 5.26 Å². The van der Waals surface area contributed by atoms with E-state index in [1.165, 1.54) is 11.3 Å². The van der Waals surface area contributed by atoms with E-state index in [0.717, 1.165) is 49.5 Å². The van der Waals surface area contributed by atoms with Crippen molar-refractivity contribution in [1.82, 2.24) is 15.4 Å². The molecule has 1 aliphatic rings. The summed E-state index contributed by atoms with van der Waals surface area (Å²) in [5, 5.41) is 11.8. The third-order valence-corrected chi connectivity index (χ3v) is 8.65. The van der Waals surface area contributed by atoms with Gasteiger partial charge in [-0.05, 0) is 36.6 Å². The van der Waals surface area contributed by atoms with Crippen LogP contribution in [0.1, 0.15) is 60.3 Å². The molecule has 46 heavy (non-hydrogen) atoms. The van der Waals surface area contributed by atoms with E-state index in [0.29, 0.717) is 21.1 Å². The van der Waals surface area contributed by atoms with E-state index in [1.807, 2.05) is 42.5 Å². The van der Waals surface area contributed by atoms with Gasteiger partial charge in [0.05, 0.1) is 16.1 Å². The van der Waals surface area contributed by atoms with E-state index in [-0.39, 0.29) is 22.3 Å². The number of hydrazine groups is 1. The van der Waals surface area contributed by atoms with Gasteiger partial charge in [0.15, 0.2) is 5.13 Å². The van der Waals surface area contributed by atoms with E-state index in [1.54, 1.807) is 60.7 Å². The van der Waals surface area contributed by atoms with Crippen LogP contribution in [0.2, 0.25) is 0 Å². The van der Waals surface area contributed by atoms with Gasteiger partial charge in [-0.25, -0.2) is 4.98 Å². The van der Waals surface area contributed by atoms with Gasteiger partial charge in [-0.2, -0.15) is 10.3 Å². The number of aromatic nitrogens is 1. The molecule has 232 valence electrons. The maximum absolute atomic E-state index is 14.3. The van der Waals surface area contributed by atoms with Crippen molar-refractivity contribution in [2.45, 2.75) is 39.5 Å². The molecule has 1 aliphatic heterocycles. The van der Waals surface area contributed by atoms with Gasteiger partial charge in [0.1, 0.15) is 11.6 Å². The molecule has 0 unspecified atom stereocenters. The minimum Gasteiger partial charge on any atom is -0.348 e. The lowest BCUT2D eigenvalue weighted by Crippen LogP contribution is -2.53. The zero-order valence-corrected chi connectivity index (χ0v) is 26.7. The molecule has 3 aromatic carbocycles. The number of thiazole rings is 1. The molecule has 0 bridgehead atoms. The zero-order chi connectivity index (χ0) is 32.5. The second-order valence-electron chi connectivity index (χ2n) is 10.8. The lowest BCUT2D eigenvalue weighted by molar-refractivity contribution is -0.142. The van der Waals surface area contributed by atoms with Crippen LogP contribution in [0.15, 0.2) is 102 Å². The molecule has 2 heterocycles. The molecule has 0 saturated carbocycles. The summed E-state index contributed by atoms with van der Waals surface area (Å²) >= 11 is 1.47. The quantitative estimate of drug-likeness (QED) is 0.130. The van der Waals surface area contributed by atoms with E-state index in [4.69, 9.17) is 4.98 Å². The SMILES string of the molecule is CCCCN(CCCC)c1nc(-c2ccccc2)c(C=C2C(=O)N(NC(=O)c3ccccc3)C(=O)C(C#N)=C2c2ccccc2)s1. The number of unbranched alkanes of at least 4 members (excludes halogenated alkanes) is 2. The van der Waals surface area contributed by atoms with Crippen molar-refractivity contribution in [3.63, 3.8) is 0 Å². The molecule has 3 amide bonds. The lowest BCUT2D eigenvalue weighted by atomic mass is 9.88. The molecule has 1 aromatic heterocycles. The summed E-state index contributed by atoms with van der Waals surface area (Å²) < 4.78 is 0. The largest absolute Gasteiger partial charge is 0.348 e. The van der Waals surface area contributed by atoms with Crippen molar-refractivity contribution in [2.75, 3.05) is 18.0 Å². The molecule has 0 saturated heterocycles. The maximum atomic E-state index is 14.3. The molecule has 9 heteroatoms. The zero-order valence-electron chi connectivity index (χ0n) is 25.9. The van der Waals surface area contributed by atoms with Crippen molar-refractivity contribution < 1.29 is 14.4 Å². The topological polar surface area (TPSA) is 106 Å². The Balaban J connectivity index is 1.69. The minimum absolute atomic E-state index is 0.108. The summed E-state index contributed by atoms with van der Waals surface area (Å²) in [5.41, 5.74) is 4.91. The molecule has 0 aliphatic carbocycles. The van der Waals surface area contributed by atoms with Crippen molar-refractivity contribution in [3.05, 3.63) is 118 Å². The first-order chi connectivity index (χ1) is 22.5. The van der Waals surface area contributed by atoms with Gasteiger partial charge in [-0.15, -0.1) is 0 Å². The number of nitrogens with zero attached hydrogens (tertiary/aromatic N) is 4. The number of rotatable bonds is 12. The first-order valence-electron chi connectivity index (χ1n) is 15.4. The molecule has 0 spiro atoms. The van der Waals surface area contributed by atoms with Gasteiger partial charge in [0, 0.05) is 29.8 Å². The second kappa shape index (κ2) is 15.1. The van der Waals surface area contributed by atoms with Crippen LogP contribution in [0.4, 0.5) is 5.13 Å². The molecule has 0 fully saturated rings. The highest BCUT2D eigenvalue weighted by Gasteiger charge is 2.39. The number of anilines is 1. The predicted molar refractivity (Wildman–Crippen MR) is 182 cm³/mol. The Bertz CT molecular complexity index is 1800. The number of hydrogen-bond donors (Lipinski definition) is 1. The van der Waals surface area contributed by atoms with Gasteiger partial charge >= 0.3 is 0 Å². The Kier molecular flexibility index (Phi) is 10.5. The molecule has 0 atom stereocenters. The highest BCUT2D eigenvalue weighted by molar-refractivity contribution is 7.17. The van der Waals surface area contributed by atoms with Gasteiger partial charge in [0.2, 0.25) is 0 Å². The minimum atomic E-state index is -0.897. The summed E-state index contributed by atoms with van der Waals surface area (Å²) in [5.74, 6) is -2.28. The Hall–Kier alpha value is -5.33. The lowest BCUT2D eigenvalue weighted by Gasteiger charge is -2.28. The predicted octanol–water partition coefficient (Wildman–Crippen LogP) is 7.29. The van der Waals surface area contributed by atoms with Crippen molar-refractivity contribution in [2.24, 2.45) is 0 Å². The fraction of sp³-hybridized carbons (Fsp3) is 0.216. The summed E-state index contributed by atoms with van der Waals surface area (Å²) in [4.78, 5) is 49.1. The van der Waals surface area contributed by atoms with Gasteiger partial charge < -0.3 is 4.90 Å². The van der Waals surface area contributed by atoms with E-state index < -0.39 is 17.7 Å². The van der Waals surface area contributed by atoms with Gasteiger partial charge in [-0.1, -0.05) is 117 Å². The van der Waals surface area contributed by atoms with Crippen LogP contribution in [-0.4, -0.2) is 40.8 Å². The number of carbonyl (C=O) groups is 3.